The van der Waals surface area contributed by atoms with Gasteiger partial charge in [0.1, 0.15) is 0 Å². The van der Waals surface area contributed by atoms with Crippen LogP contribution >= 0.6 is 0 Å². The van der Waals surface area contributed by atoms with Gasteiger partial charge in [0, 0.05) is 19.2 Å². The standard InChI is InChI=1S/C20H35NO2Si/c1-16(22)9-7-8-10-18-14-21-12-11-17(18)13-19(21)15-23-24(5,6)20(2,3)4/h7-10,17-19H,11-15H2,1-6H3/b9-7+,10-8+/t17-,18+,19-/m0/s1. The topological polar surface area (TPSA) is 29.5 Å². The lowest BCUT2D eigenvalue weighted by Crippen LogP contribution is -2.56. The number of hydrogen-bond acceptors (Lipinski definition) is 3. The van der Waals surface area contributed by atoms with Crippen LogP contribution in [0.2, 0.25) is 18.1 Å². The van der Waals surface area contributed by atoms with Gasteiger partial charge in [-0.3, -0.25) is 9.69 Å². The van der Waals surface area contributed by atoms with Crippen LogP contribution in [0.5, 0.6) is 0 Å². The average molecular weight is 350 g/mol. The van der Waals surface area contributed by atoms with Crippen LogP contribution in [0.15, 0.2) is 24.3 Å². The second-order valence-corrected chi connectivity index (χ2v) is 13.8. The molecule has 3 nitrogen and oxygen atoms in total. The van der Waals surface area contributed by atoms with Crippen LogP contribution in [-0.4, -0.2) is 44.7 Å². The van der Waals surface area contributed by atoms with Gasteiger partial charge in [-0.05, 0) is 62.4 Å². The minimum atomic E-state index is -1.65. The van der Waals surface area contributed by atoms with Crippen LogP contribution in [-0.2, 0) is 9.22 Å². The highest BCUT2D eigenvalue weighted by Gasteiger charge is 2.42. The van der Waals surface area contributed by atoms with Crippen LogP contribution in [0.1, 0.15) is 40.5 Å². The smallest absolute Gasteiger partial charge is 0.192 e. The molecule has 0 aliphatic carbocycles. The van der Waals surface area contributed by atoms with E-state index in [0.717, 1.165) is 19.1 Å². The fraction of sp³-hybridized carbons (Fsp3) is 0.750. The van der Waals surface area contributed by atoms with E-state index in [9.17, 15) is 4.79 Å². The van der Waals surface area contributed by atoms with Crippen molar-refractivity contribution < 1.29 is 9.22 Å². The zero-order valence-corrected chi connectivity index (χ0v) is 17.3. The van der Waals surface area contributed by atoms with Gasteiger partial charge < -0.3 is 4.43 Å². The van der Waals surface area contributed by atoms with E-state index in [0.29, 0.717) is 12.0 Å². The van der Waals surface area contributed by atoms with E-state index in [4.69, 9.17) is 4.43 Å². The number of ketones is 1. The third-order valence-electron chi connectivity index (χ3n) is 6.17. The molecule has 3 fully saturated rings. The minimum absolute atomic E-state index is 0.108. The monoisotopic (exact) mass is 349 g/mol. The summed E-state index contributed by atoms with van der Waals surface area (Å²) in [6.45, 7) is 16.4. The van der Waals surface area contributed by atoms with Crippen molar-refractivity contribution in [3.05, 3.63) is 24.3 Å². The molecule has 4 atom stereocenters. The number of piperidine rings is 3. The minimum Gasteiger partial charge on any atom is -0.415 e. The zero-order chi connectivity index (χ0) is 18.0. The molecule has 3 saturated heterocycles. The van der Waals surface area contributed by atoms with Gasteiger partial charge in [0.05, 0.1) is 0 Å². The molecule has 0 spiro atoms. The van der Waals surface area contributed by atoms with Crippen LogP contribution < -0.4 is 0 Å². The highest BCUT2D eigenvalue weighted by Crippen LogP contribution is 2.40. The molecule has 24 heavy (non-hydrogen) atoms. The van der Waals surface area contributed by atoms with Crippen LogP contribution in [0.4, 0.5) is 0 Å². The molecule has 3 heterocycles. The quantitative estimate of drug-likeness (QED) is 0.404. The summed E-state index contributed by atoms with van der Waals surface area (Å²) in [6.07, 6.45) is 10.4. The third kappa shape index (κ3) is 4.90. The van der Waals surface area contributed by atoms with E-state index < -0.39 is 8.32 Å². The predicted octanol–water partition coefficient (Wildman–Crippen LogP) is 4.42. The van der Waals surface area contributed by atoms with E-state index in [1.54, 1.807) is 13.0 Å². The maximum absolute atomic E-state index is 10.9. The number of carbonyl (C=O) groups excluding carboxylic acids is 1. The Labute approximate surface area is 149 Å². The second-order valence-electron chi connectivity index (χ2n) is 9.02. The van der Waals surface area contributed by atoms with Gasteiger partial charge >= 0.3 is 0 Å². The van der Waals surface area contributed by atoms with Gasteiger partial charge in [0.25, 0.3) is 0 Å². The van der Waals surface area contributed by atoms with Crippen molar-refractivity contribution in [1.29, 1.82) is 0 Å². The van der Waals surface area contributed by atoms with Crippen LogP contribution in [0.25, 0.3) is 0 Å². The number of allylic oxidation sites excluding steroid dienone is 3. The first-order valence-electron chi connectivity index (χ1n) is 9.33. The first-order valence-corrected chi connectivity index (χ1v) is 12.2. The lowest BCUT2D eigenvalue weighted by molar-refractivity contribution is -0.112. The van der Waals surface area contributed by atoms with Crippen molar-refractivity contribution in [3.8, 4) is 0 Å². The second kappa shape index (κ2) is 7.67. The number of fused-ring (bicyclic) bond motifs is 3. The highest BCUT2D eigenvalue weighted by atomic mass is 28.4. The van der Waals surface area contributed by atoms with Crippen molar-refractivity contribution in [3.63, 3.8) is 0 Å². The fourth-order valence-electron chi connectivity index (χ4n) is 3.49. The first-order chi connectivity index (χ1) is 11.1. The number of hydrogen-bond donors (Lipinski definition) is 0. The summed E-state index contributed by atoms with van der Waals surface area (Å²) in [5, 5.41) is 0.282. The summed E-state index contributed by atoms with van der Waals surface area (Å²) in [5.74, 6) is 1.50. The average Bonchev–Trinajstić information content (AvgIpc) is 2.49. The van der Waals surface area contributed by atoms with E-state index in [2.05, 4.69) is 50.9 Å². The van der Waals surface area contributed by atoms with E-state index in [1.165, 1.54) is 19.4 Å². The first kappa shape index (κ1) is 19.6. The van der Waals surface area contributed by atoms with Crippen molar-refractivity contribution >= 4 is 14.1 Å². The Morgan fingerprint density at radius 3 is 2.54 bits per heavy atom. The molecule has 0 aromatic carbocycles. The van der Waals surface area contributed by atoms with Crippen molar-refractivity contribution in [2.45, 2.75) is 64.7 Å². The largest absolute Gasteiger partial charge is 0.415 e. The van der Waals surface area contributed by atoms with E-state index >= 15 is 0 Å². The molecule has 136 valence electrons. The SMILES string of the molecule is CC(=O)/C=C/C=C/[C@@H]1CN2CC[C@H]1C[C@H]2CO[Si](C)(C)C(C)(C)C. The van der Waals surface area contributed by atoms with Crippen molar-refractivity contribution in [2.24, 2.45) is 11.8 Å². The molecule has 3 aliphatic heterocycles. The molecule has 3 aliphatic rings. The molecule has 0 aromatic heterocycles. The molecule has 3 rings (SSSR count). The van der Waals surface area contributed by atoms with Gasteiger partial charge in [-0.25, -0.2) is 0 Å². The summed E-state index contributed by atoms with van der Waals surface area (Å²) in [6, 6.07) is 0.593. The molecule has 0 amide bonds. The van der Waals surface area contributed by atoms with E-state index in [-0.39, 0.29) is 10.8 Å². The molecule has 0 aromatic rings. The van der Waals surface area contributed by atoms with Gasteiger partial charge in [0.15, 0.2) is 14.1 Å². The zero-order valence-electron chi connectivity index (χ0n) is 16.3. The lowest BCUT2D eigenvalue weighted by Gasteiger charge is -2.50. The summed E-state index contributed by atoms with van der Waals surface area (Å²) in [7, 11) is -1.65. The molecule has 4 heteroatoms. The van der Waals surface area contributed by atoms with Gasteiger partial charge in [0.2, 0.25) is 0 Å². The Balaban J connectivity index is 1.88. The molecule has 2 bridgehead atoms. The lowest BCUT2D eigenvalue weighted by atomic mass is 9.75. The summed E-state index contributed by atoms with van der Waals surface area (Å²) < 4.78 is 6.48. The van der Waals surface area contributed by atoms with Gasteiger partial charge in [-0.15, -0.1) is 0 Å². The Morgan fingerprint density at radius 2 is 2.00 bits per heavy atom. The predicted molar refractivity (Wildman–Crippen MR) is 104 cm³/mol. The number of carbonyl (C=O) groups is 1. The fourth-order valence-corrected chi connectivity index (χ4v) is 4.53. The third-order valence-corrected chi connectivity index (χ3v) is 10.7. The Morgan fingerprint density at radius 1 is 1.29 bits per heavy atom. The van der Waals surface area contributed by atoms with Crippen LogP contribution in [0, 0.1) is 11.8 Å². The molecule has 0 radical (unpaired) electrons. The molecule has 1 unspecified atom stereocenters. The maximum Gasteiger partial charge on any atom is 0.192 e. The number of nitrogens with zero attached hydrogens (tertiary/aromatic N) is 1. The Bertz CT molecular complexity index is 504. The summed E-state index contributed by atoms with van der Waals surface area (Å²) in [5.41, 5.74) is 0. The molecular weight excluding hydrogens is 314 g/mol. The van der Waals surface area contributed by atoms with Crippen molar-refractivity contribution in [1.82, 2.24) is 4.90 Å². The van der Waals surface area contributed by atoms with E-state index in [1.807, 2.05) is 6.08 Å². The molecule has 0 N–H and O–H groups in total. The normalized spacial score (nSPS) is 31.2. The molecular formula is C20H35NO2Si. The number of rotatable bonds is 6. The van der Waals surface area contributed by atoms with Crippen molar-refractivity contribution in [2.75, 3.05) is 19.7 Å². The maximum atomic E-state index is 10.9. The summed E-state index contributed by atoms with van der Waals surface area (Å²) >= 11 is 0. The van der Waals surface area contributed by atoms with Gasteiger partial charge in [-0.1, -0.05) is 39.0 Å². The summed E-state index contributed by atoms with van der Waals surface area (Å²) in [4.78, 5) is 13.6. The van der Waals surface area contributed by atoms with Gasteiger partial charge in [-0.2, -0.15) is 0 Å². The van der Waals surface area contributed by atoms with Crippen LogP contribution in [0.3, 0.4) is 0 Å². The Hall–Kier alpha value is -0.713. The Kier molecular flexibility index (Phi) is 6.27. The highest BCUT2D eigenvalue weighted by molar-refractivity contribution is 6.74. The molecule has 0 saturated carbocycles.